The average molecular weight is 382 g/mol. The minimum absolute atomic E-state index is 0.0663. The molecule has 1 aromatic carbocycles. The van der Waals surface area contributed by atoms with Crippen LogP contribution in [0.4, 0.5) is 18.0 Å². The molecule has 1 amide bonds. The van der Waals surface area contributed by atoms with Gasteiger partial charge < -0.3 is 19.6 Å². The van der Waals surface area contributed by atoms with E-state index in [-0.39, 0.29) is 23.6 Å². The number of aromatic amines is 1. The van der Waals surface area contributed by atoms with Crippen LogP contribution in [0.1, 0.15) is 32.0 Å². The number of benzene rings is 1. The van der Waals surface area contributed by atoms with E-state index in [0.717, 1.165) is 12.1 Å². The third-order valence-corrected chi connectivity index (χ3v) is 3.42. The molecular formula is C17H17F3N4O3. The topological polar surface area (TPSA) is 93.0 Å². The van der Waals surface area contributed by atoms with Crippen LogP contribution in [0.5, 0.6) is 0 Å². The van der Waals surface area contributed by atoms with E-state index < -0.39 is 23.4 Å². The van der Waals surface area contributed by atoms with E-state index in [0.29, 0.717) is 11.2 Å². The molecule has 7 nitrogen and oxygen atoms in total. The van der Waals surface area contributed by atoms with E-state index in [1.54, 1.807) is 20.8 Å². The van der Waals surface area contributed by atoms with Crippen LogP contribution in [0.15, 0.2) is 28.8 Å². The number of nitrogens with zero attached hydrogens (tertiary/aromatic N) is 2. The number of imidazole rings is 1. The number of rotatable bonds is 3. The monoisotopic (exact) mass is 382 g/mol. The minimum Gasteiger partial charge on any atom is -0.444 e. The van der Waals surface area contributed by atoms with Crippen molar-refractivity contribution in [2.45, 2.75) is 39.1 Å². The summed E-state index contributed by atoms with van der Waals surface area (Å²) in [6.07, 6.45) is -5.05. The van der Waals surface area contributed by atoms with Gasteiger partial charge in [-0.1, -0.05) is 5.16 Å². The second kappa shape index (κ2) is 6.60. The third-order valence-electron chi connectivity index (χ3n) is 3.42. The maximum absolute atomic E-state index is 12.8. The summed E-state index contributed by atoms with van der Waals surface area (Å²) in [5.41, 5.74) is -0.407. The van der Waals surface area contributed by atoms with Gasteiger partial charge in [-0.05, 0) is 39.0 Å². The van der Waals surface area contributed by atoms with Gasteiger partial charge in [0.05, 0.1) is 23.1 Å². The number of hydrogen-bond donors (Lipinski definition) is 2. The van der Waals surface area contributed by atoms with Crippen molar-refractivity contribution in [1.29, 1.82) is 0 Å². The van der Waals surface area contributed by atoms with Crippen molar-refractivity contribution in [2.75, 3.05) is 0 Å². The van der Waals surface area contributed by atoms with Crippen LogP contribution in [-0.4, -0.2) is 26.8 Å². The molecule has 2 heterocycles. The Morgan fingerprint density at radius 2 is 2.00 bits per heavy atom. The maximum atomic E-state index is 12.8. The van der Waals surface area contributed by atoms with Crippen LogP contribution in [0, 0.1) is 0 Å². The molecule has 0 saturated heterocycles. The first-order chi connectivity index (χ1) is 12.5. The van der Waals surface area contributed by atoms with Crippen LogP contribution >= 0.6 is 0 Å². The lowest BCUT2D eigenvalue weighted by atomic mass is 10.2. The first-order valence-corrected chi connectivity index (χ1v) is 8.01. The number of carbonyl (C=O) groups is 1. The van der Waals surface area contributed by atoms with E-state index in [4.69, 9.17) is 9.26 Å². The molecule has 0 saturated carbocycles. The molecule has 0 aliphatic rings. The van der Waals surface area contributed by atoms with Gasteiger partial charge in [0.25, 0.3) is 0 Å². The third kappa shape index (κ3) is 4.57. The number of nitrogens with one attached hydrogen (secondary N) is 2. The summed E-state index contributed by atoms with van der Waals surface area (Å²) in [6, 6.07) is 4.76. The van der Waals surface area contributed by atoms with E-state index in [2.05, 4.69) is 20.4 Å². The normalized spacial score (nSPS) is 12.4. The lowest BCUT2D eigenvalue weighted by Crippen LogP contribution is -2.32. The zero-order valence-electron chi connectivity index (χ0n) is 14.8. The van der Waals surface area contributed by atoms with Crippen LogP contribution < -0.4 is 5.32 Å². The Balaban J connectivity index is 1.73. The largest absolute Gasteiger partial charge is 0.444 e. The van der Waals surface area contributed by atoms with Gasteiger partial charge in [-0.3, -0.25) is 0 Å². The summed E-state index contributed by atoms with van der Waals surface area (Å²) in [5, 5.41) is 6.33. The molecule has 2 N–H and O–H groups in total. The number of H-pyrrole nitrogens is 1. The van der Waals surface area contributed by atoms with Gasteiger partial charge in [-0.25, -0.2) is 9.78 Å². The molecule has 0 radical (unpaired) electrons. The highest BCUT2D eigenvalue weighted by molar-refractivity contribution is 5.79. The van der Waals surface area contributed by atoms with E-state index in [1.165, 1.54) is 12.1 Å². The Labute approximate surface area is 151 Å². The quantitative estimate of drug-likeness (QED) is 0.706. The number of aromatic nitrogens is 3. The van der Waals surface area contributed by atoms with Crippen molar-refractivity contribution >= 4 is 17.1 Å². The zero-order chi connectivity index (χ0) is 19.8. The number of hydrogen-bond acceptors (Lipinski definition) is 5. The van der Waals surface area contributed by atoms with Gasteiger partial charge in [-0.15, -0.1) is 0 Å². The van der Waals surface area contributed by atoms with E-state index in [1.807, 2.05) is 0 Å². The molecule has 144 valence electrons. The Morgan fingerprint density at radius 1 is 1.26 bits per heavy atom. The average Bonchev–Trinajstić information content (AvgIpc) is 3.16. The standard InChI is InChI=1S/C17H17F3N4O3/c1-16(2,3)26-15(25)21-8-10-7-13(27-24-10)14-22-11-5-4-9(17(18,19)20)6-12(11)23-14/h4-7H,8H2,1-3H3,(H,21,25)(H,22,23). The fourth-order valence-corrected chi connectivity index (χ4v) is 2.28. The Kier molecular flexibility index (Phi) is 4.58. The Morgan fingerprint density at radius 3 is 2.67 bits per heavy atom. The highest BCUT2D eigenvalue weighted by Crippen LogP contribution is 2.31. The Bertz CT molecular complexity index is 970. The number of ether oxygens (including phenoxy) is 1. The van der Waals surface area contributed by atoms with Crippen molar-refractivity contribution in [1.82, 2.24) is 20.4 Å². The first-order valence-electron chi connectivity index (χ1n) is 8.01. The van der Waals surface area contributed by atoms with Crippen molar-refractivity contribution in [3.8, 4) is 11.6 Å². The predicted octanol–water partition coefficient (Wildman–Crippen LogP) is 4.26. The summed E-state index contributed by atoms with van der Waals surface area (Å²) in [7, 11) is 0. The fraction of sp³-hybridized carbons (Fsp3) is 0.353. The second-order valence-corrected chi connectivity index (χ2v) is 6.85. The summed E-state index contributed by atoms with van der Waals surface area (Å²) >= 11 is 0. The number of alkyl halides is 3. The maximum Gasteiger partial charge on any atom is 0.416 e. The van der Waals surface area contributed by atoms with Crippen LogP contribution in [0.25, 0.3) is 22.6 Å². The van der Waals surface area contributed by atoms with Crippen LogP contribution in [0.2, 0.25) is 0 Å². The lowest BCUT2D eigenvalue weighted by Gasteiger charge is -2.19. The van der Waals surface area contributed by atoms with Gasteiger partial charge in [0.2, 0.25) is 5.76 Å². The molecular weight excluding hydrogens is 365 g/mol. The molecule has 0 fully saturated rings. The Hall–Kier alpha value is -3.04. The molecule has 3 rings (SSSR count). The van der Waals surface area contributed by atoms with Crippen molar-refractivity contribution in [2.24, 2.45) is 0 Å². The molecule has 0 atom stereocenters. The summed E-state index contributed by atoms with van der Waals surface area (Å²) < 4.78 is 48.6. The van der Waals surface area contributed by atoms with Gasteiger partial charge in [0, 0.05) is 6.07 Å². The number of fused-ring (bicyclic) bond motifs is 1. The number of amides is 1. The van der Waals surface area contributed by atoms with Crippen LogP contribution in [-0.2, 0) is 17.5 Å². The SMILES string of the molecule is CC(C)(C)OC(=O)NCc1cc(-c2nc3cc(C(F)(F)F)ccc3[nH]2)on1. The van der Waals surface area contributed by atoms with E-state index in [9.17, 15) is 18.0 Å². The minimum atomic E-state index is -4.44. The fourth-order valence-electron chi connectivity index (χ4n) is 2.28. The van der Waals surface area contributed by atoms with Gasteiger partial charge in [-0.2, -0.15) is 13.2 Å². The van der Waals surface area contributed by atoms with Crippen molar-refractivity contribution in [3.05, 3.63) is 35.5 Å². The number of halogens is 3. The number of alkyl carbamates (subject to hydrolysis) is 1. The molecule has 0 aliphatic carbocycles. The highest BCUT2D eigenvalue weighted by atomic mass is 19.4. The summed E-state index contributed by atoms with van der Waals surface area (Å²) in [4.78, 5) is 18.6. The predicted molar refractivity (Wildman–Crippen MR) is 89.7 cm³/mol. The van der Waals surface area contributed by atoms with Crippen LogP contribution in [0.3, 0.4) is 0 Å². The molecule has 0 aliphatic heterocycles. The molecule has 0 bridgehead atoms. The van der Waals surface area contributed by atoms with Gasteiger partial charge in [0.15, 0.2) is 5.82 Å². The summed E-state index contributed by atoms with van der Waals surface area (Å²) in [6.45, 7) is 5.29. The smallest absolute Gasteiger partial charge is 0.416 e. The molecule has 2 aromatic heterocycles. The van der Waals surface area contributed by atoms with Gasteiger partial charge in [0.1, 0.15) is 11.3 Å². The first kappa shape index (κ1) is 18.7. The molecule has 3 aromatic rings. The van der Waals surface area contributed by atoms with Crippen molar-refractivity contribution < 1.29 is 27.2 Å². The summed E-state index contributed by atoms with van der Waals surface area (Å²) in [5.74, 6) is 0.473. The molecule has 0 spiro atoms. The molecule has 10 heteroatoms. The molecule has 0 unspecified atom stereocenters. The highest BCUT2D eigenvalue weighted by Gasteiger charge is 2.30. The molecule has 27 heavy (non-hydrogen) atoms. The lowest BCUT2D eigenvalue weighted by molar-refractivity contribution is -0.137. The second-order valence-electron chi connectivity index (χ2n) is 6.85. The number of carbonyl (C=O) groups excluding carboxylic acids is 1. The van der Waals surface area contributed by atoms with Gasteiger partial charge >= 0.3 is 12.3 Å². The zero-order valence-corrected chi connectivity index (χ0v) is 14.8. The van der Waals surface area contributed by atoms with Crippen molar-refractivity contribution in [3.63, 3.8) is 0 Å². The van der Waals surface area contributed by atoms with E-state index >= 15 is 0 Å².